The van der Waals surface area contributed by atoms with Crippen LogP contribution in [0.5, 0.6) is 5.75 Å². The number of nitrogens with one attached hydrogen (secondary N) is 1. The maximum absolute atomic E-state index is 13.4. The van der Waals surface area contributed by atoms with Crippen molar-refractivity contribution in [3.63, 3.8) is 0 Å². The molecule has 172 valence electrons. The lowest BCUT2D eigenvalue weighted by Gasteiger charge is -2.24. The minimum absolute atomic E-state index is 0.0560. The molecule has 0 saturated carbocycles. The molecule has 0 atom stereocenters. The van der Waals surface area contributed by atoms with Gasteiger partial charge in [0.05, 0.1) is 28.4 Å². The molecule has 10 heteroatoms. The fourth-order valence-electron chi connectivity index (χ4n) is 3.02. The first-order chi connectivity index (χ1) is 15.7. The number of ether oxygens (including phenoxy) is 1. The molecule has 0 spiro atoms. The topological polar surface area (TPSA) is 113 Å². The zero-order valence-electron chi connectivity index (χ0n) is 17.6. The molecule has 8 nitrogen and oxygen atoms in total. The third-order valence-electron chi connectivity index (χ3n) is 4.56. The van der Waals surface area contributed by atoms with Crippen molar-refractivity contribution in [2.75, 3.05) is 22.8 Å². The molecular formula is C23H21ClN2O6S. The van der Waals surface area contributed by atoms with Crippen molar-refractivity contribution in [2.45, 2.75) is 11.8 Å². The van der Waals surface area contributed by atoms with Crippen LogP contribution in [0, 0.1) is 0 Å². The monoisotopic (exact) mass is 488 g/mol. The molecule has 0 bridgehead atoms. The fraction of sp³-hybridized carbons (Fsp3) is 0.130. The molecule has 0 unspecified atom stereocenters. The molecule has 0 heterocycles. The summed E-state index contributed by atoms with van der Waals surface area (Å²) in [6, 6.07) is 17.7. The highest BCUT2D eigenvalue weighted by atomic mass is 35.5. The maximum Gasteiger partial charge on any atom is 0.337 e. The molecule has 0 aliphatic rings. The molecule has 0 radical (unpaired) electrons. The van der Waals surface area contributed by atoms with Crippen molar-refractivity contribution in [1.29, 1.82) is 0 Å². The number of carboxylic acids is 1. The van der Waals surface area contributed by atoms with Gasteiger partial charge in [0, 0.05) is 5.02 Å². The largest absolute Gasteiger partial charge is 0.494 e. The van der Waals surface area contributed by atoms with Gasteiger partial charge in [-0.1, -0.05) is 23.7 Å². The average Bonchev–Trinajstić information content (AvgIpc) is 2.79. The number of aromatic carboxylic acids is 1. The van der Waals surface area contributed by atoms with Gasteiger partial charge in [-0.3, -0.25) is 9.10 Å². The fourth-order valence-corrected chi connectivity index (χ4v) is 4.57. The van der Waals surface area contributed by atoms with Crippen molar-refractivity contribution in [3.05, 3.63) is 83.4 Å². The van der Waals surface area contributed by atoms with Gasteiger partial charge in [0.2, 0.25) is 5.91 Å². The Balaban J connectivity index is 1.96. The van der Waals surface area contributed by atoms with Crippen LogP contribution < -0.4 is 14.4 Å². The molecule has 3 aromatic carbocycles. The second kappa shape index (κ2) is 10.4. The minimum Gasteiger partial charge on any atom is -0.494 e. The van der Waals surface area contributed by atoms with E-state index < -0.39 is 28.4 Å². The van der Waals surface area contributed by atoms with Crippen LogP contribution in [0.4, 0.5) is 11.4 Å². The number of hydrogen-bond donors (Lipinski definition) is 2. The molecule has 0 saturated heterocycles. The molecule has 3 rings (SSSR count). The molecule has 0 aromatic heterocycles. The van der Waals surface area contributed by atoms with Gasteiger partial charge in [-0.25, -0.2) is 13.2 Å². The van der Waals surface area contributed by atoms with Gasteiger partial charge >= 0.3 is 5.97 Å². The lowest BCUT2D eigenvalue weighted by atomic mass is 10.2. The Kier molecular flexibility index (Phi) is 7.57. The number of amides is 1. The molecule has 0 fully saturated rings. The Morgan fingerprint density at radius 2 is 1.64 bits per heavy atom. The second-order valence-corrected chi connectivity index (χ2v) is 9.09. The standard InChI is InChI=1S/C23H21ClN2O6S/c1-2-32-18-11-9-17(10-12-18)26(33(30,31)19-13-7-16(24)8-14-19)15-22(27)25-21-6-4-3-5-20(21)23(28)29/h3-14H,2,15H2,1H3,(H,25,27)(H,28,29). The summed E-state index contributed by atoms with van der Waals surface area (Å²) in [5, 5.41) is 12.2. The summed E-state index contributed by atoms with van der Waals surface area (Å²) in [4.78, 5) is 24.2. The van der Waals surface area contributed by atoms with Crippen molar-refractivity contribution in [2.24, 2.45) is 0 Å². The van der Waals surface area contributed by atoms with Crippen LogP contribution in [0.1, 0.15) is 17.3 Å². The third kappa shape index (κ3) is 5.82. The van der Waals surface area contributed by atoms with Gasteiger partial charge in [-0.2, -0.15) is 0 Å². The third-order valence-corrected chi connectivity index (χ3v) is 6.60. The van der Waals surface area contributed by atoms with Gasteiger partial charge < -0.3 is 15.2 Å². The Labute approximate surface area is 196 Å². The number of sulfonamides is 1. The summed E-state index contributed by atoms with van der Waals surface area (Å²) < 4.78 is 33.1. The first-order valence-corrected chi connectivity index (χ1v) is 11.7. The van der Waals surface area contributed by atoms with Crippen LogP contribution in [0.3, 0.4) is 0 Å². The van der Waals surface area contributed by atoms with E-state index in [2.05, 4.69) is 5.32 Å². The summed E-state index contributed by atoms with van der Waals surface area (Å²) >= 11 is 5.89. The number of rotatable bonds is 9. The van der Waals surface area contributed by atoms with Crippen LogP contribution >= 0.6 is 11.6 Å². The predicted octanol–water partition coefficient (Wildman–Crippen LogP) is 4.27. The summed E-state index contributed by atoms with van der Waals surface area (Å²) in [5.74, 6) is -1.39. The molecule has 0 aliphatic carbocycles. The summed E-state index contributed by atoms with van der Waals surface area (Å²) in [7, 11) is -4.15. The Morgan fingerprint density at radius 3 is 2.24 bits per heavy atom. The van der Waals surface area contributed by atoms with E-state index in [0.717, 1.165) is 4.31 Å². The highest BCUT2D eigenvalue weighted by Crippen LogP contribution is 2.27. The van der Waals surface area contributed by atoms with Gasteiger partial charge in [-0.05, 0) is 67.6 Å². The van der Waals surface area contributed by atoms with E-state index in [4.69, 9.17) is 16.3 Å². The smallest absolute Gasteiger partial charge is 0.337 e. The predicted molar refractivity (Wildman–Crippen MR) is 126 cm³/mol. The number of benzene rings is 3. The highest BCUT2D eigenvalue weighted by molar-refractivity contribution is 7.92. The molecule has 2 N–H and O–H groups in total. The molecule has 0 aliphatic heterocycles. The van der Waals surface area contributed by atoms with Crippen molar-refractivity contribution in [1.82, 2.24) is 0 Å². The van der Waals surface area contributed by atoms with E-state index in [1.54, 1.807) is 18.2 Å². The first kappa shape index (κ1) is 24.1. The zero-order chi connectivity index (χ0) is 24.0. The Hall–Kier alpha value is -3.56. The van der Waals surface area contributed by atoms with Crippen molar-refractivity contribution < 1.29 is 27.9 Å². The average molecular weight is 489 g/mol. The van der Waals surface area contributed by atoms with E-state index in [9.17, 15) is 23.1 Å². The molecule has 33 heavy (non-hydrogen) atoms. The number of hydrogen-bond acceptors (Lipinski definition) is 5. The van der Waals surface area contributed by atoms with Crippen molar-refractivity contribution >= 4 is 44.9 Å². The zero-order valence-corrected chi connectivity index (χ0v) is 19.1. The molecular weight excluding hydrogens is 468 g/mol. The second-order valence-electron chi connectivity index (χ2n) is 6.79. The SMILES string of the molecule is CCOc1ccc(N(CC(=O)Nc2ccccc2C(=O)O)S(=O)(=O)c2ccc(Cl)cc2)cc1. The normalized spacial score (nSPS) is 11.0. The van der Waals surface area contributed by atoms with Crippen LogP contribution in [-0.2, 0) is 14.8 Å². The van der Waals surface area contributed by atoms with E-state index in [1.807, 2.05) is 6.92 Å². The summed E-state index contributed by atoms with van der Waals surface area (Å²) in [5.41, 5.74) is 0.180. The van der Waals surface area contributed by atoms with Crippen LogP contribution in [0.15, 0.2) is 77.7 Å². The van der Waals surface area contributed by atoms with E-state index in [-0.39, 0.29) is 21.8 Å². The van der Waals surface area contributed by atoms with Crippen LogP contribution in [0.2, 0.25) is 5.02 Å². The first-order valence-electron chi connectivity index (χ1n) is 9.85. The highest BCUT2D eigenvalue weighted by Gasteiger charge is 2.28. The molecule has 1 amide bonds. The van der Waals surface area contributed by atoms with Gasteiger partial charge in [0.1, 0.15) is 12.3 Å². The van der Waals surface area contributed by atoms with E-state index in [1.165, 1.54) is 54.6 Å². The lowest BCUT2D eigenvalue weighted by Crippen LogP contribution is -2.38. The van der Waals surface area contributed by atoms with E-state index in [0.29, 0.717) is 17.4 Å². The summed E-state index contributed by atoms with van der Waals surface area (Å²) in [6.07, 6.45) is 0. The van der Waals surface area contributed by atoms with Crippen LogP contribution in [-0.4, -0.2) is 38.6 Å². The number of halogens is 1. The number of nitrogens with zero attached hydrogens (tertiary/aromatic N) is 1. The summed E-state index contributed by atoms with van der Waals surface area (Å²) in [6.45, 7) is 1.68. The van der Waals surface area contributed by atoms with Gasteiger partial charge in [0.15, 0.2) is 0 Å². The maximum atomic E-state index is 13.4. The Morgan fingerprint density at radius 1 is 1.00 bits per heavy atom. The quantitative estimate of drug-likeness (QED) is 0.465. The molecule has 3 aromatic rings. The Bertz CT molecular complexity index is 1240. The lowest BCUT2D eigenvalue weighted by molar-refractivity contribution is -0.114. The minimum atomic E-state index is -4.15. The van der Waals surface area contributed by atoms with Crippen LogP contribution in [0.25, 0.3) is 0 Å². The van der Waals surface area contributed by atoms with E-state index >= 15 is 0 Å². The number of para-hydroxylation sites is 1. The number of anilines is 2. The van der Waals surface area contributed by atoms with Gasteiger partial charge in [0.25, 0.3) is 10.0 Å². The van der Waals surface area contributed by atoms with Gasteiger partial charge in [-0.15, -0.1) is 0 Å². The number of carboxylic acid groups (broad SMARTS) is 1. The number of carbonyl (C=O) groups is 2. The number of carbonyl (C=O) groups excluding carboxylic acids is 1. The van der Waals surface area contributed by atoms with Crippen molar-refractivity contribution in [3.8, 4) is 5.75 Å².